The van der Waals surface area contributed by atoms with E-state index in [0.29, 0.717) is 32.6 Å². The van der Waals surface area contributed by atoms with Crippen molar-refractivity contribution in [3.05, 3.63) is 108 Å². The molecule has 1 unspecified atom stereocenters. The number of hydrogen-bond acceptors (Lipinski definition) is 6. The Kier molecular flexibility index (Phi) is 10.7. The zero-order chi connectivity index (χ0) is 30.9. The maximum absolute atomic E-state index is 13.4. The number of esters is 1. The van der Waals surface area contributed by atoms with Crippen molar-refractivity contribution >= 4 is 17.8 Å². The third-order valence-electron chi connectivity index (χ3n) is 7.99. The molecule has 0 saturated carbocycles. The molecule has 1 N–H and O–H groups in total. The molecule has 1 amide bonds. The van der Waals surface area contributed by atoms with Crippen molar-refractivity contribution in [3.8, 4) is 0 Å². The molecule has 0 radical (unpaired) electrons. The van der Waals surface area contributed by atoms with Gasteiger partial charge < -0.3 is 19.5 Å². The summed E-state index contributed by atoms with van der Waals surface area (Å²) in [6, 6.07) is 31.6. The maximum Gasteiger partial charge on any atom is 0.306 e. The molecule has 8 heteroatoms. The van der Waals surface area contributed by atoms with Crippen molar-refractivity contribution in [2.45, 2.75) is 57.3 Å². The predicted molar refractivity (Wildman–Crippen MR) is 164 cm³/mol. The molecule has 8 nitrogen and oxygen atoms in total. The van der Waals surface area contributed by atoms with Crippen LogP contribution < -0.4 is 0 Å². The van der Waals surface area contributed by atoms with Crippen molar-refractivity contribution in [1.29, 1.82) is 0 Å². The fraction of sp³-hybridized carbons (Fsp3) is 0.400. The van der Waals surface area contributed by atoms with Crippen LogP contribution in [0.2, 0.25) is 0 Å². The summed E-state index contributed by atoms with van der Waals surface area (Å²) in [7, 11) is 0. The van der Waals surface area contributed by atoms with Crippen LogP contribution in [0, 0.1) is 0 Å². The lowest BCUT2D eigenvalue weighted by molar-refractivity contribution is -0.161. The molecule has 228 valence electrons. The number of rotatable bonds is 13. The Bertz CT molecular complexity index is 1240. The van der Waals surface area contributed by atoms with Gasteiger partial charge in [0.2, 0.25) is 0 Å². The summed E-state index contributed by atoms with van der Waals surface area (Å²) in [4.78, 5) is 40.4. The minimum absolute atomic E-state index is 0.0688. The average molecular weight is 587 g/mol. The first kappa shape index (κ1) is 31.9. The zero-order valence-electron chi connectivity index (χ0n) is 25.3. The highest BCUT2D eigenvalue weighted by Crippen LogP contribution is 2.42. The third-order valence-corrected chi connectivity index (χ3v) is 7.99. The first-order valence-electron chi connectivity index (χ1n) is 14.9. The molecule has 1 atom stereocenters. The molecule has 0 bridgehead atoms. The lowest BCUT2D eigenvalue weighted by Crippen LogP contribution is -2.58. The summed E-state index contributed by atoms with van der Waals surface area (Å²) < 4.78 is 11.3. The molecular formula is C35H42N2O6. The van der Waals surface area contributed by atoms with Gasteiger partial charge in [0.05, 0.1) is 25.0 Å². The number of aliphatic carboxylic acids is 1. The molecule has 0 aromatic heterocycles. The monoisotopic (exact) mass is 586 g/mol. The van der Waals surface area contributed by atoms with Gasteiger partial charge in [0.15, 0.2) is 0 Å². The highest BCUT2D eigenvalue weighted by Gasteiger charge is 2.43. The molecule has 3 aromatic rings. The summed E-state index contributed by atoms with van der Waals surface area (Å²) >= 11 is 0. The van der Waals surface area contributed by atoms with Crippen molar-refractivity contribution in [1.82, 2.24) is 9.80 Å². The maximum atomic E-state index is 13.4. The van der Waals surface area contributed by atoms with E-state index in [0.717, 1.165) is 0 Å². The Morgan fingerprint density at radius 1 is 0.767 bits per heavy atom. The predicted octanol–water partition coefficient (Wildman–Crippen LogP) is 5.10. The van der Waals surface area contributed by atoms with Crippen molar-refractivity contribution in [2.75, 3.05) is 32.8 Å². The number of nitrogens with zero attached hydrogens (tertiary/aromatic N) is 2. The summed E-state index contributed by atoms with van der Waals surface area (Å²) in [5, 5.41) is 8.77. The van der Waals surface area contributed by atoms with E-state index >= 15 is 0 Å². The summed E-state index contributed by atoms with van der Waals surface area (Å²) in [5.74, 6) is -1.68. The second kappa shape index (κ2) is 14.4. The number of carbonyl (C=O) groups excluding carboxylic acids is 2. The molecule has 1 aliphatic rings. The van der Waals surface area contributed by atoms with Crippen LogP contribution in [0.3, 0.4) is 0 Å². The van der Waals surface area contributed by atoms with E-state index in [4.69, 9.17) is 14.6 Å². The van der Waals surface area contributed by atoms with Gasteiger partial charge in [0.25, 0.3) is 5.91 Å². The second-order valence-corrected chi connectivity index (χ2v) is 11.5. The van der Waals surface area contributed by atoms with E-state index in [1.807, 2.05) is 23.1 Å². The summed E-state index contributed by atoms with van der Waals surface area (Å²) in [6.45, 7) is 7.96. The van der Waals surface area contributed by atoms with Crippen LogP contribution in [0.1, 0.15) is 56.7 Å². The number of ether oxygens (including phenoxy) is 2. The Hall–Kier alpha value is -4.01. The summed E-state index contributed by atoms with van der Waals surface area (Å²) in [5.41, 5.74) is 2.18. The molecule has 4 rings (SSSR count). The minimum Gasteiger partial charge on any atom is -0.481 e. The Labute approximate surface area is 254 Å². The van der Waals surface area contributed by atoms with Crippen LogP contribution in [-0.4, -0.2) is 77.2 Å². The number of amides is 1. The fourth-order valence-corrected chi connectivity index (χ4v) is 5.78. The molecule has 1 aliphatic heterocycles. The fourth-order valence-electron chi connectivity index (χ4n) is 5.78. The smallest absolute Gasteiger partial charge is 0.306 e. The number of benzene rings is 3. The average Bonchev–Trinajstić information content (AvgIpc) is 3.01. The lowest BCUT2D eigenvalue weighted by Gasteiger charge is -2.49. The summed E-state index contributed by atoms with van der Waals surface area (Å²) in [6.07, 6.45) is -0.717. The first-order valence-corrected chi connectivity index (χ1v) is 14.9. The first-order chi connectivity index (χ1) is 20.6. The van der Waals surface area contributed by atoms with E-state index in [-0.39, 0.29) is 25.4 Å². The van der Waals surface area contributed by atoms with E-state index in [1.54, 1.807) is 20.8 Å². The van der Waals surface area contributed by atoms with Crippen molar-refractivity contribution in [3.63, 3.8) is 0 Å². The van der Waals surface area contributed by atoms with E-state index < -0.39 is 29.2 Å². The Morgan fingerprint density at radius 2 is 1.23 bits per heavy atom. The molecule has 3 aromatic carbocycles. The Balaban J connectivity index is 1.42. The Morgan fingerprint density at radius 3 is 1.67 bits per heavy atom. The normalized spacial score (nSPS) is 15.1. The molecular weight excluding hydrogens is 544 g/mol. The van der Waals surface area contributed by atoms with Gasteiger partial charge in [-0.2, -0.15) is 0 Å². The second-order valence-electron chi connectivity index (χ2n) is 11.5. The van der Waals surface area contributed by atoms with Gasteiger partial charge in [-0.3, -0.25) is 19.3 Å². The van der Waals surface area contributed by atoms with Crippen LogP contribution in [0.15, 0.2) is 91.0 Å². The molecule has 1 fully saturated rings. The minimum atomic E-state index is -1.04. The SMILES string of the molecule is CC(OCCC(C)(C)OC(=O)CCC(=O)O)C(=O)N1CCN(C(c2ccccc2)(c2ccccc2)c2ccccc2)CC1. The highest BCUT2D eigenvalue weighted by atomic mass is 16.6. The molecule has 43 heavy (non-hydrogen) atoms. The van der Waals surface area contributed by atoms with Crippen LogP contribution in [-0.2, 0) is 29.4 Å². The van der Waals surface area contributed by atoms with Crippen molar-refractivity contribution in [2.24, 2.45) is 0 Å². The molecule has 1 saturated heterocycles. The van der Waals surface area contributed by atoms with Gasteiger partial charge in [-0.15, -0.1) is 0 Å². The zero-order valence-corrected chi connectivity index (χ0v) is 25.3. The van der Waals surface area contributed by atoms with Crippen LogP contribution >= 0.6 is 0 Å². The standard InChI is InChI=1S/C35H42N2O6/c1-27(42-26-21-34(2,3)43-32(40)20-19-31(38)39)33(41)36-22-24-37(25-23-36)35(28-13-7-4-8-14-28,29-15-9-5-10-16-29)30-17-11-6-12-18-30/h4-18,27H,19-26H2,1-3H3,(H,38,39). The van der Waals surface area contributed by atoms with Gasteiger partial charge in [0.1, 0.15) is 11.7 Å². The molecule has 0 spiro atoms. The quantitative estimate of drug-likeness (QED) is 0.220. The molecule has 0 aliphatic carbocycles. The van der Waals surface area contributed by atoms with Crippen molar-refractivity contribution < 1.29 is 29.0 Å². The number of hydrogen-bond donors (Lipinski definition) is 1. The third kappa shape index (κ3) is 7.89. The van der Waals surface area contributed by atoms with E-state index in [2.05, 4.69) is 77.7 Å². The molecule has 1 heterocycles. The van der Waals surface area contributed by atoms with Crippen LogP contribution in [0.5, 0.6) is 0 Å². The van der Waals surface area contributed by atoms with Gasteiger partial charge >= 0.3 is 11.9 Å². The van der Waals surface area contributed by atoms with Gasteiger partial charge in [0, 0.05) is 32.6 Å². The number of carboxylic acids is 1. The van der Waals surface area contributed by atoms with E-state index in [1.165, 1.54) is 16.7 Å². The van der Waals surface area contributed by atoms with E-state index in [9.17, 15) is 14.4 Å². The van der Waals surface area contributed by atoms with Gasteiger partial charge in [-0.05, 0) is 37.5 Å². The van der Waals surface area contributed by atoms with Crippen LogP contribution in [0.25, 0.3) is 0 Å². The largest absolute Gasteiger partial charge is 0.481 e. The number of carbonyl (C=O) groups is 3. The van der Waals surface area contributed by atoms with Crippen LogP contribution in [0.4, 0.5) is 0 Å². The lowest BCUT2D eigenvalue weighted by atomic mass is 9.75. The van der Waals surface area contributed by atoms with Gasteiger partial charge in [-0.25, -0.2) is 0 Å². The number of carboxylic acid groups (broad SMARTS) is 1. The highest BCUT2D eigenvalue weighted by molar-refractivity contribution is 5.80. The number of piperazine rings is 1. The topological polar surface area (TPSA) is 96.4 Å². The van der Waals surface area contributed by atoms with Gasteiger partial charge in [-0.1, -0.05) is 91.0 Å².